The number of halogens is 1. The lowest BCUT2D eigenvalue weighted by Gasteiger charge is -2.13. The Morgan fingerprint density at radius 3 is 2.65 bits per heavy atom. The van der Waals surface area contributed by atoms with E-state index in [1.165, 1.54) is 0 Å². The van der Waals surface area contributed by atoms with Gasteiger partial charge in [-0.15, -0.1) is 0 Å². The number of carbonyl (C=O) groups excluding carboxylic acids is 1. The van der Waals surface area contributed by atoms with Crippen LogP contribution >= 0.6 is 11.6 Å². The minimum absolute atomic E-state index is 0.0330. The van der Waals surface area contributed by atoms with E-state index < -0.39 is 0 Å². The van der Waals surface area contributed by atoms with Crippen molar-refractivity contribution in [3.63, 3.8) is 0 Å². The molecular formula is C19H13ClN2O. The highest BCUT2D eigenvalue weighted by Gasteiger charge is 2.19. The maximum absolute atomic E-state index is 11.6. The number of hydrogen-bond donors (Lipinski definition) is 1. The van der Waals surface area contributed by atoms with Gasteiger partial charge in [0.15, 0.2) is 0 Å². The molecule has 1 amide bonds. The number of fused-ring (bicyclic) bond motifs is 1. The largest absolute Gasteiger partial charge is 0.326 e. The summed E-state index contributed by atoms with van der Waals surface area (Å²) < 4.78 is 0. The smallest absolute Gasteiger partial charge is 0.228 e. The van der Waals surface area contributed by atoms with Gasteiger partial charge in [0.1, 0.15) is 0 Å². The molecule has 1 aliphatic rings. The predicted octanol–water partition coefficient (Wildman–Crippen LogP) is 4.56. The molecule has 0 saturated heterocycles. The summed E-state index contributed by atoms with van der Waals surface area (Å²) in [6.07, 6.45) is 3.95. The Morgan fingerprint density at radius 2 is 1.83 bits per heavy atom. The van der Waals surface area contributed by atoms with E-state index in [4.69, 9.17) is 11.6 Å². The normalized spacial score (nSPS) is 12.8. The summed E-state index contributed by atoms with van der Waals surface area (Å²) in [5, 5.41) is 3.55. The number of carbonyl (C=O) groups is 1. The van der Waals surface area contributed by atoms with Crippen LogP contribution in [0, 0.1) is 0 Å². The molecule has 4 heteroatoms. The van der Waals surface area contributed by atoms with Gasteiger partial charge in [-0.05, 0) is 52.6 Å². The van der Waals surface area contributed by atoms with E-state index in [-0.39, 0.29) is 5.91 Å². The zero-order valence-electron chi connectivity index (χ0n) is 12.2. The number of nitrogens with one attached hydrogen (secondary N) is 1. The topological polar surface area (TPSA) is 42.0 Å². The summed E-state index contributed by atoms with van der Waals surface area (Å²) in [5.74, 6) is 0.0330. The van der Waals surface area contributed by atoms with Gasteiger partial charge in [0.05, 0.1) is 6.42 Å². The van der Waals surface area contributed by atoms with Crippen LogP contribution in [0.15, 0.2) is 60.9 Å². The van der Waals surface area contributed by atoms with Crippen LogP contribution in [0.1, 0.15) is 5.56 Å². The fourth-order valence-electron chi connectivity index (χ4n) is 2.97. The number of hydrogen-bond acceptors (Lipinski definition) is 2. The van der Waals surface area contributed by atoms with Crippen LogP contribution in [0.5, 0.6) is 0 Å². The minimum atomic E-state index is 0.0330. The third kappa shape index (κ3) is 2.49. The third-order valence-electron chi connectivity index (χ3n) is 4.02. The molecule has 1 aromatic heterocycles. The third-order valence-corrected chi connectivity index (χ3v) is 4.34. The number of pyridine rings is 1. The Balaban J connectivity index is 1.90. The molecule has 1 aliphatic heterocycles. The van der Waals surface area contributed by atoms with E-state index in [1.807, 2.05) is 48.5 Å². The second-order valence-electron chi connectivity index (χ2n) is 5.50. The Labute approximate surface area is 139 Å². The number of amides is 1. The van der Waals surface area contributed by atoms with Crippen molar-refractivity contribution in [2.75, 3.05) is 5.32 Å². The van der Waals surface area contributed by atoms with Crippen LogP contribution in [0.3, 0.4) is 0 Å². The van der Waals surface area contributed by atoms with Gasteiger partial charge in [0.2, 0.25) is 5.91 Å². The molecule has 0 radical (unpaired) electrons. The number of aromatic nitrogens is 1. The van der Waals surface area contributed by atoms with Gasteiger partial charge in [-0.25, -0.2) is 0 Å². The fraction of sp³-hybridized carbons (Fsp3) is 0.0526. The average molecular weight is 321 g/mol. The van der Waals surface area contributed by atoms with Crippen LogP contribution in [0.4, 0.5) is 5.69 Å². The maximum atomic E-state index is 11.6. The molecule has 0 saturated carbocycles. The van der Waals surface area contributed by atoms with Crippen molar-refractivity contribution in [2.45, 2.75) is 6.42 Å². The molecule has 1 N–H and O–H groups in total. The lowest BCUT2D eigenvalue weighted by atomic mass is 9.93. The van der Waals surface area contributed by atoms with E-state index in [0.717, 1.165) is 33.5 Å². The van der Waals surface area contributed by atoms with Crippen LogP contribution in [-0.2, 0) is 11.2 Å². The fourth-order valence-corrected chi connectivity index (χ4v) is 3.26. The molecule has 23 heavy (non-hydrogen) atoms. The summed E-state index contributed by atoms with van der Waals surface area (Å²) in [6.45, 7) is 0. The van der Waals surface area contributed by atoms with E-state index in [9.17, 15) is 4.79 Å². The highest BCUT2D eigenvalue weighted by molar-refractivity contribution is 6.34. The molecule has 112 valence electrons. The molecule has 0 unspecified atom stereocenters. The summed E-state index contributed by atoms with van der Waals surface area (Å²) >= 11 is 6.50. The first-order valence-electron chi connectivity index (χ1n) is 7.34. The number of rotatable bonds is 2. The minimum Gasteiger partial charge on any atom is -0.326 e. The predicted molar refractivity (Wildman–Crippen MR) is 92.5 cm³/mol. The number of anilines is 1. The lowest BCUT2D eigenvalue weighted by Crippen LogP contribution is -2.03. The van der Waals surface area contributed by atoms with Gasteiger partial charge in [0, 0.05) is 28.7 Å². The van der Waals surface area contributed by atoms with Crippen molar-refractivity contribution in [1.82, 2.24) is 4.98 Å². The Hall–Kier alpha value is -2.65. The molecule has 2 heterocycles. The quantitative estimate of drug-likeness (QED) is 0.752. The van der Waals surface area contributed by atoms with E-state index >= 15 is 0 Å². The molecule has 3 nitrogen and oxygen atoms in total. The zero-order valence-corrected chi connectivity index (χ0v) is 13.0. The van der Waals surface area contributed by atoms with Gasteiger partial charge in [-0.2, -0.15) is 0 Å². The second-order valence-corrected chi connectivity index (χ2v) is 5.90. The molecule has 0 bridgehead atoms. The SMILES string of the molecule is O=C1Cc2cc(-c3c(Cl)cccc3-c3ccncc3)ccc2N1. The van der Waals surface area contributed by atoms with E-state index in [0.29, 0.717) is 11.4 Å². The monoisotopic (exact) mass is 320 g/mol. The zero-order chi connectivity index (χ0) is 15.8. The Morgan fingerprint density at radius 1 is 1.00 bits per heavy atom. The molecule has 0 spiro atoms. The lowest BCUT2D eigenvalue weighted by molar-refractivity contribution is -0.115. The van der Waals surface area contributed by atoms with Crippen molar-refractivity contribution in [2.24, 2.45) is 0 Å². The summed E-state index contributed by atoms with van der Waals surface area (Å²) in [7, 11) is 0. The molecule has 0 fully saturated rings. The van der Waals surface area contributed by atoms with E-state index in [2.05, 4.69) is 10.3 Å². The Kier molecular flexibility index (Phi) is 3.36. The molecule has 0 aliphatic carbocycles. The molecule has 3 aromatic rings. The van der Waals surface area contributed by atoms with E-state index in [1.54, 1.807) is 12.4 Å². The van der Waals surface area contributed by atoms with Gasteiger partial charge in [0.25, 0.3) is 0 Å². The summed E-state index contributed by atoms with van der Waals surface area (Å²) in [4.78, 5) is 15.6. The summed E-state index contributed by atoms with van der Waals surface area (Å²) in [6, 6.07) is 15.8. The second kappa shape index (κ2) is 5.52. The first-order chi connectivity index (χ1) is 11.2. The maximum Gasteiger partial charge on any atom is 0.228 e. The van der Waals surface area contributed by atoms with Crippen LogP contribution < -0.4 is 5.32 Å². The van der Waals surface area contributed by atoms with Crippen LogP contribution in [0.25, 0.3) is 22.3 Å². The Bertz CT molecular complexity index is 906. The summed E-state index contributed by atoms with van der Waals surface area (Å²) in [5.41, 5.74) is 5.99. The highest BCUT2D eigenvalue weighted by atomic mass is 35.5. The van der Waals surface area contributed by atoms with Gasteiger partial charge < -0.3 is 5.32 Å². The highest BCUT2D eigenvalue weighted by Crippen LogP contribution is 2.39. The molecule has 2 aromatic carbocycles. The first kappa shape index (κ1) is 14.0. The van der Waals surface area contributed by atoms with Gasteiger partial charge in [-0.1, -0.05) is 29.8 Å². The average Bonchev–Trinajstić information content (AvgIpc) is 2.94. The standard InChI is InChI=1S/C19H13ClN2O/c20-16-3-1-2-15(12-6-8-21-9-7-12)19(16)13-4-5-17-14(10-13)11-18(23)22-17/h1-10H,11H2,(H,22,23). The molecule has 4 rings (SSSR count). The van der Waals surface area contributed by atoms with Crippen LogP contribution in [0.2, 0.25) is 5.02 Å². The molecular weight excluding hydrogens is 308 g/mol. The number of benzene rings is 2. The van der Waals surface area contributed by atoms with Gasteiger partial charge in [-0.3, -0.25) is 9.78 Å². The number of nitrogens with zero attached hydrogens (tertiary/aromatic N) is 1. The van der Waals surface area contributed by atoms with Crippen molar-refractivity contribution < 1.29 is 4.79 Å². The van der Waals surface area contributed by atoms with Crippen molar-refractivity contribution in [1.29, 1.82) is 0 Å². The van der Waals surface area contributed by atoms with Crippen molar-refractivity contribution >= 4 is 23.2 Å². The van der Waals surface area contributed by atoms with Crippen molar-refractivity contribution in [3.8, 4) is 22.3 Å². The van der Waals surface area contributed by atoms with Crippen molar-refractivity contribution in [3.05, 3.63) is 71.5 Å². The first-order valence-corrected chi connectivity index (χ1v) is 7.72. The van der Waals surface area contributed by atoms with Crippen LogP contribution in [-0.4, -0.2) is 10.9 Å². The molecule has 0 atom stereocenters. The van der Waals surface area contributed by atoms with Gasteiger partial charge >= 0.3 is 0 Å².